The third kappa shape index (κ3) is 3.76. The van der Waals surface area contributed by atoms with Gasteiger partial charge in [0.15, 0.2) is 5.82 Å². The second-order valence-corrected chi connectivity index (χ2v) is 8.49. The zero-order valence-electron chi connectivity index (χ0n) is 17.1. The molecule has 0 spiro atoms. The van der Waals surface area contributed by atoms with Gasteiger partial charge >= 0.3 is 0 Å². The van der Waals surface area contributed by atoms with Crippen LogP contribution in [0.4, 0.5) is 10.2 Å². The number of hydrogen-bond donors (Lipinski definition) is 0. The lowest BCUT2D eigenvalue weighted by atomic mass is 9.95. The van der Waals surface area contributed by atoms with Gasteiger partial charge in [0, 0.05) is 37.5 Å². The molecule has 1 fully saturated rings. The standard InChI is InChI=1S/C22H22ClFN6O/c1-14(31)29-12-16-10-17(23)2-4-19(16)30-21(13-29)26-27-22(30)15-6-8-28(9-7-15)20-5-3-18(24)11-25-20/h2-5,10-11,15H,6-9,12-13H2,1H3. The van der Waals surface area contributed by atoms with Crippen LogP contribution in [-0.4, -0.2) is 43.6 Å². The Labute approximate surface area is 184 Å². The summed E-state index contributed by atoms with van der Waals surface area (Å²) in [5.74, 6) is 2.35. The van der Waals surface area contributed by atoms with Gasteiger partial charge in [-0.05, 0) is 48.7 Å². The van der Waals surface area contributed by atoms with Crippen LogP contribution in [0.1, 0.15) is 42.9 Å². The number of halogens is 2. The predicted molar refractivity (Wildman–Crippen MR) is 115 cm³/mol. The van der Waals surface area contributed by atoms with Gasteiger partial charge in [0.05, 0.1) is 18.4 Å². The molecule has 3 aromatic rings. The van der Waals surface area contributed by atoms with E-state index in [0.717, 1.165) is 54.6 Å². The van der Waals surface area contributed by atoms with Crippen molar-refractivity contribution in [2.24, 2.45) is 0 Å². The lowest BCUT2D eigenvalue weighted by Gasteiger charge is -2.32. The summed E-state index contributed by atoms with van der Waals surface area (Å²) in [4.78, 5) is 20.3. The Bertz CT molecular complexity index is 1120. The Morgan fingerprint density at radius 1 is 1.13 bits per heavy atom. The minimum Gasteiger partial charge on any atom is -0.357 e. The lowest BCUT2D eigenvalue weighted by molar-refractivity contribution is -0.130. The average molecular weight is 441 g/mol. The maximum absolute atomic E-state index is 13.2. The fourth-order valence-electron chi connectivity index (χ4n) is 4.44. The summed E-state index contributed by atoms with van der Waals surface area (Å²) in [6.07, 6.45) is 3.02. The van der Waals surface area contributed by atoms with Crippen molar-refractivity contribution in [2.75, 3.05) is 18.0 Å². The number of anilines is 1. The number of nitrogens with zero attached hydrogens (tertiary/aromatic N) is 6. The van der Waals surface area contributed by atoms with Crippen molar-refractivity contribution in [1.29, 1.82) is 0 Å². The molecule has 4 heterocycles. The Morgan fingerprint density at radius 2 is 1.94 bits per heavy atom. The van der Waals surface area contributed by atoms with Crippen LogP contribution in [-0.2, 0) is 17.9 Å². The molecule has 1 aromatic carbocycles. The fourth-order valence-corrected chi connectivity index (χ4v) is 4.63. The van der Waals surface area contributed by atoms with Crippen molar-refractivity contribution in [2.45, 2.75) is 38.8 Å². The maximum atomic E-state index is 13.2. The molecule has 9 heteroatoms. The van der Waals surface area contributed by atoms with Crippen LogP contribution >= 0.6 is 11.6 Å². The first-order valence-electron chi connectivity index (χ1n) is 10.3. The van der Waals surface area contributed by atoms with Gasteiger partial charge in [-0.25, -0.2) is 9.37 Å². The number of rotatable bonds is 2. The van der Waals surface area contributed by atoms with Gasteiger partial charge in [-0.2, -0.15) is 0 Å². The number of amides is 1. The van der Waals surface area contributed by atoms with Crippen LogP contribution in [0.2, 0.25) is 5.02 Å². The summed E-state index contributed by atoms with van der Waals surface area (Å²) in [5, 5.41) is 9.64. The van der Waals surface area contributed by atoms with Crippen LogP contribution in [0.3, 0.4) is 0 Å². The molecule has 0 atom stereocenters. The van der Waals surface area contributed by atoms with Crippen LogP contribution in [0.25, 0.3) is 5.69 Å². The number of fused-ring (bicyclic) bond motifs is 3. The molecule has 2 aliphatic heterocycles. The molecule has 7 nitrogen and oxygen atoms in total. The SMILES string of the molecule is CC(=O)N1Cc2cc(Cl)ccc2-n2c(nnc2C2CCN(c3ccc(F)cn3)CC2)C1. The van der Waals surface area contributed by atoms with Gasteiger partial charge in [-0.1, -0.05) is 11.6 Å². The lowest BCUT2D eigenvalue weighted by Crippen LogP contribution is -2.34. The topological polar surface area (TPSA) is 67.2 Å². The number of piperidine rings is 1. The summed E-state index contributed by atoms with van der Waals surface area (Å²) in [5.41, 5.74) is 1.96. The number of aromatic nitrogens is 4. The average Bonchev–Trinajstić information content (AvgIpc) is 3.10. The van der Waals surface area contributed by atoms with Gasteiger partial charge < -0.3 is 9.80 Å². The van der Waals surface area contributed by atoms with Gasteiger partial charge in [-0.3, -0.25) is 9.36 Å². The first-order chi connectivity index (χ1) is 15.0. The smallest absolute Gasteiger partial charge is 0.220 e. The minimum absolute atomic E-state index is 0.0102. The molecule has 5 rings (SSSR count). The predicted octanol–water partition coefficient (Wildman–Crippen LogP) is 3.70. The number of hydrogen-bond acceptors (Lipinski definition) is 5. The highest BCUT2D eigenvalue weighted by Gasteiger charge is 2.30. The number of pyridine rings is 1. The molecule has 1 saturated heterocycles. The Hall–Kier alpha value is -3.00. The zero-order chi connectivity index (χ0) is 21.5. The van der Waals surface area contributed by atoms with E-state index in [0.29, 0.717) is 18.1 Å². The van der Waals surface area contributed by atoms with E-state index in [1.807, 2.05) is 18.2 Å². The van der Waals surface area contributed by atoms with E-state index in [-0.39, 0.29) is 17.6 Å². The summed E-state index contributed by atoms with van der Waals surface area (Å²) in [7, 11) is 0. The molecule has 0 radical (unpaired) electrons. The van der Waals surface area contributed by atoms with E-state index in [9.17, 15) is 9.18 Å². The third-order valence-electron chi connectivity index (χ3n) is 6.07. The van der Waals surface area contributed by atoms with Crippen LogP contribution in [0, 0.1) is 5.82 Å². The van der Waals surface area contributed by atoms with Crippen molar-refractivity contribution in [3.63, 3.8) is 0 Å². The largest absolute Gasteiger partial charge is 0.357 e. The van der Waals surface area contributed by atoms with Crippen molar-refractivity contribution < 1.29 is 9.18 Å². The molecule has 1 amide bonds. The van der Waals surface area contributed by atoms with E-state index in [1.54, 1.807) is 17.9 Å². The molecule has 31 heavy (non-hydrogen) atoms. The third-order valence-corrected chi connectivity index (χ3v) is 6.31. The quantitative estimate of drug-likeness (QED) is 0.607. The summed E-state index contributed by atoms with van der Waals surface area (Å²) in [6, 6.07) is 8.91. The molecule has 0 saturated carbocycles. The molecule has 2 aromatic heterocycles. The van der Waals surface area contributed by atoms with Crippen molar-refractivity contribution in [3.05, 3.63) is 64.6 Å². The second kappa shape index (κ2) is 7.92. The highest BCUT2D eigenvalue weighted by atomic mass is 35.5. The van der Waals surface area contributed by atoms with E-state index >= 15 is 0 Å². The molecular formula is C22H22ClFN6O. The first-order valence-corrected chi connectivity index (χ1v) is 10.7. The molecular weight excluding hydrogens is 419 g/mol. The van der Waals surface area contributed by atoms with Gasteiger partial charge in [0.1, 0.15) is 17.5 Å². The molecule has 2 aliphatic rings. The van der Waals surface area contributed by atoms with E-state index in [2.05, 4.69) is 24.6 Å². The summed E-state index contributed by atoms with van der Waals surface area (Å²) in [6.45, 7) is 4.07. The molecule has 0 bridgehead atoms. The Balaban J connectivity index is 1.45. The Morgan fingerprint density at radius 3 is 2.65 bits per heavy atom. The summed E-state index contributed by atoms with van der Waals surface area (Å²) < 4.78 is 15.3. The monoisotopic (exact) mass is 440 g/mol. The fraction of sp³-hybridized carbons (Fsp3) is 0.364. The van der Waals surface area contributed by atoms with E-state index in [1.165, 1.54) is 12.3 Å². The number of carbonyl (C=O) groups excluding carboxylic acids is 1. The molecule has 0 aliphatic carbocycles. The van der Waals surface area contributed by atoms with Crippen LogP contribution in [0.15, 0.2) is 36.5 Å². The molecule has 160 valence electrons. The normalized spacial score (nSPS) is 16.6. The van der Waals surface area contributed by atoms with Crippen molar-refractivity contribution >= 4 is 23.3 Å². The zero-order valence-corrected chi connectivity index (χ0v) is 17.9. The van der Waals surface area contributed by atoms with Crippen LogP contribution in [0.5, 0.6) is 0 Å². The highest BCUT2D eigenvalue weighted by Crippen LogP contribution is 2.34. The van der Waals surface area contributed by atoms with Crippen LogP contribution < -0.4 is 4.90 Å². The molecule has 0 N–H and O–H groups in total. The van der Waals surface area contributed by atoms with Gasteiger partial charge in [-0.15, -0.1) is 10.2 Å². The minimum atomic E-state index is -0.330. The highest BCUT2D eigenvalue weighted by molar-refractivity contribution is 6.30. The van der Waals surface area contributed by atoms with Crippen molar-refractivity contribution in [3.8, 4) is 5.69 Å². The van der Waals surface area contributed by atoms with Crippen molar-refractivity contribution in [1.82, 2.24) is 24.6 Å². The number of benzene rings is 1. The van der Waals surface area contributed by atoms with Gasteiger partial charge in [0.25, 0.3) is 0 Å². The summed E-state index contributed by atoms with van der Waals surface area (Å²) >= 11 is 6.25. The second-order valence-electron chi connectivity index (χ2n) is 8.05. The van der Waals surface area contributed by atoms with E-state index in [4.69, 9.17) is 11.6 Å². The molecule has 0 unspecified atom stereocenters. The number of carbonyl (C=O) groups is 1. The van der Waals surface area contributed by atoms with Gasteiger partial charge in [0.2, 0.25) is 5.91 Å². The first kappa shape index (κ1) is 19.9. The Kier molecular flexibility index (Phi) is 5.09. The maximum Gasteiger partial charge on any atom is 0.220 e. The van der Waals surface area contributed by atoms with E-state index < -0.39 is 0 Å².